The Kier molecular flexibility index (Phi) is 5.21. The topological polar surface area (TPSA) is 79.0 Å². The normalized spacial score (nSPS) is 25.2. The summed E-state index contributed by atoms with van der Waals surface area (Å²) in [6.07, 6.45) is 3.55. The fraction of sp³-hybridized carbons (Fsp3) is 0.533. The number of nitriles is 1. The Hall–Kier alpha value is -1.58. The molecule has 2 atom stereocenters. The van der Waals surface area contributed by atoms with Gasteiger partial charge in [-0.15, -0.1) is 11.8 Å². The quantitative estimate of drug-likeness (QED) is 0.665. The lowest BCUT2D eigenvalue weighted by atomic mass is 9.82. The zero-order valence-corrected chi connectivity index (χ0v) is 12.9. The van der Waals surface area contributed by atoms with Gasteiger partial charge < -0.3 is 0 Å². The Morgan fingerprint density at radius 3 is 3.00 bits per heavy atom. The molecular formula is C15H19N3O2S. The van der Waals surface area contributed by atoms with E-state index in [0.717, 1.165) is 32.2 Å². The maximum atomic E-state index is 11.1. The van der Waals surface area contributed by atoms with E-state index in [9.17, 15) is 15.4 Å². The highest BCUT2D eigenvalue weighted by atomic mass is 32.2. The third-order valence-electron chi connectivity index (χ3n) is 3.79. The smallest absolute Gasteiger partial charge is 0.282 e. The molecule has 1 fully saturated rings. The minimum Gasteiger partial charge on any atom is -0.300 e. The Labute approximate surface area is 128 Å². The molecular weight excluding hydrogens is 286 g/mol. The second-order valence-corrected chi connectivity index (χ2v) is 6.63. The zero-order chi connectivity index (χ0) is 15.3. The number of rotatable bonds is 5. The van der Waals surface area contributed by atoms with E-state index in [1.165, 1.54) is 17.8 Å². The molecule has 0 spiro atoms. The van der Waals surface area contributed by atoms with Crippen LogP contribution in [0.5, 0.6) is 0 Å². The fourth-order valence-electron chi connectivity index (χ4n) is 2.85. The van der Waals surface area contributed by atoms with E-state index < -0.39 is 5.54 Å². The van der Waals surface area contributed by atoms with Crippen molar-refractivity contribution in [2.45, 2.75) is 48.3 Å². The molecule has 0 radical (unpaired) electrons. The highest BCUT2D eigenvalue weighted by Gasteiger charge is 2.36. The maximum Gasteiger partial charge on any atom is 0.282 e. The van der Waals surface area contributed by atoms with Gasteiger partial charge in [0.05, 0.1) is 15.9 Å². The number of benzene rings is 1. The van der Waals surface area contributed by atoms with Gasteiger partial charge in [-0.05, 0) is 38.3 Å². The van der Waals surface area contributed by atoms with Crippen molar-refractivity contribution in [3.63, 3.8) is 0 Å². The predicted octanol–water partition coefficient (Wildman–Crippen LogP) is 3.50. The van der Waals surface area contributed by atoms with E-state index in [-0.39, 0.29) is 15.9 Å². The predicted molar refractivity (Wildman–Crippen MR) is 83.2 cm³/mol. The first-order chi connectivity index (χ1) is 10.1. The standard InChI is InChI=1S/C15H19N3O2S/c1-2-17-15(11-16)9-5-6-12(10-15)21-14-8-4-3-7-13(14)18(19)20/h3-4,7-8,12,17H,2,5-6,9-10H2,1H3. The van der Waals surface area contributed by atoms with Crippen molar-refractivity contribution in [2.24, 2.45) is 0 Å². The summed E-state index contributed by atoms with van der Waals surface area (Å²) in [6, 6.07) is 9.24. The van der Waals surface area contributed by atoms with Gasteiger partial charge in [0, 0.05) is 11.3 Å². The summed E-state index contributed by atoms with van der Waals surface area (Å²) in [6.45, 7) is 2.76. The Bertz CT molecular complexity index is 554. The summed E-state index contributed by atoms with van der Waals surface area (Å²) in [7, 11) is 0. The Morgan fingerprint density at radius 1 is 1.57 bits per heavy atom. The molecule has 2 rings (SSSR count). The minimum atomic E-state index is -0.478. The molecule has 1 N–H and O–H groups in total. The number of hydrogen-bond acceptors (Lipinski definition) is 5. The molecule has 0 amide bonds. The molecule has 0 aliphatic heterocycles. The summed E-state index contributed by atoms with van der Waals surface area (Å²) in [5, 5.41) is 24.1. The number of nitrogens with one attached hydrogen (secondary N) is 1. The van der Waals surface area contributed by atoms with Crippen LogP contribution >= 0.6 is 11.8 Å². The molecule has 2 unspecified atom stereocenters. The van der Waals surface area contributed by atoms with Crippen LogP contribution in [0, 0.1) is 21.4 Å². The molecule has 0 heterocycles. The van der Waals surface area contributed by atoms with Crippen molar-refractivity contribution in [1.82, 2.24) is 5.32 Å². The van der Waals surface area contributed by atoms with Crippen LogP contribution in [0.3, 0.4) is 0 Å². The summed E-state index contributed by atoms with van der Waals surface area (Å²) < 4.78 is 0. The van der Waals surface area contributed by atoms with Gasteiger partial charge in [0.2, 0.25) is 0 Å². The first kappa shape index (κ1) is 15.8. The van der Waals surface area contributed by atoms with Gasteiger partial charge in [0.25, 0.3) is 5.69 Å². The van der Waals surface area contributed by atoms with Gasteiger partial charge in [-0.2, -0.15) is 5.26 Å². The van der Waals surface area contributed by atoms with Crippen molar-refractivity contribution >= 4 is 17.4 Å². The van der Waals surface area contributed by atoms with Crippen molar-refractivity contribution in [1.29, 1.82) is 5.26 Å². The van der Waals surface area contributed by atoms with Crippen LogP contribution in [0.1, 0.15) is 32.6 Å². The van der Waals surface area contributed by atoms with Gasteiger partial charge in [-0.1, -0.05) is 19.1 Å². The number of hydrogen-bond donors (Lipinski definition) is 1. The van der Waals surface area contributed by atoms with Crippen molar-refractivity contribution in [2.75, 3.05) is 6.54 Å². The van der Waals surface area contributed by atoms with Crippen LogP contribution in [0.25, 0.3) is 0 Å². The van der Waals surface area contributed by atoms with Gasteiger partial charge >= 0.3 is 0 Å². The molecule has 1 aromatic rings. The van der Waals surface area contributed by atoms with Crippen LogP contribution < -0.4 is 5.32 Å². The molecule has 1 saturated carbocycles. The number of nitrogens with zero attached hydrogens (tertiary/aromatic N) is 2. The van der Waals surface area contributed by atoms with E-state index in [1.54, 1.807) is 12.1 Å². The van der Waals surface area contributed by atoms with Gasteiger partial charge in [-0.25, -0.2) is 0 Å². The molecule has 0 saturated heterocycles. The lowest BCUT2D eigenvalue weighted by Gasteiger charge is -2.36. The molecule has 1 aromatic carbocycles. The van der Waals surface area contributed by atoms with Crippen LogP contribution in [0.2, 0.25) is 0 Å². The number of para-hydroxylation sites is 1. The van der Waals surface area contributed by atoms with Crippen LogP contribution in [0.4, 0.5) is 5.69 Å². The van der Waals surface area contributed by atoms with E-state index in [1.807, 2.05) is 13.0 Å². The third-order valence-corrected chi connectivity index (χ3v) is 5.13. The lowest BCUT2D eigenvalue weighted by molar-refractivity contribution is -0.387. The number of thioether (sulfide) groups is 1. The second-order valence-electron chi connectivity index (χ2n) is 5.29. The zero-order valence-electron chi connectivity index (χ0n) is 12.0. The van der Waals surface area contributed by atoms with E-state index in [0.29, 0.717) is 4.90 Å². The van der Waals surface area contributed by atoms with Crippen LogP contribution in [0.15, 0.2) is 29.2 Å². The SMILES string of the molecule is CCNC1(C#N)CCCC(Sc2ccccc2[N+](=O)[O-])C1. The molecule has 112 valence electrons. The van der Waals surface area contributed by atoms with Crippen molar-refractivity contribution < 1.29 is 4.92 Å². The third kappa shape index (κ3) is 3.74. The first-order valence-corrected chi connectivity index (χ1v) is 8.04. The summed E-state index contributed by atoms with van der Waals surface area (Å²) in [5.74, 6) is 0. The van der Waals surface area contributed by atoms with Gasteiger partial charge in [-0.3, -0.25) is 15.4 Å². The summed E-state index contributed by atoms with van der Waals surface area (Å²) in [4.78, 5) is 11.4. The van der Waals surface area contributed by atoms with Crippen molar-refractivity contribution in [3.05, 3.63) is 34.4 Å². The molecule has 0 aromatic heterocycles. The van der Waals surface area contributed by atoms with Crippen molar-refractivity contribution in [3.8, 4) is 6.07 Å². The van der Waals surface area contributed by atoms with Gasteiger partial charge in [0.15, 0.2) is 0 Å². The molecule has 6 heteroatoms. The Morgan fingerprint density at radius 2 is 2.33 bits per heavy atom. The molecule has 1 aliphatic carbocycles. The highest BCUT2D eigenvalue weighted by Crippen LogP contribution is 2.40. The minimum absolute atomic E-state index is 0.152. The van der Waals surface area contributed by atoms with E-state index in [4.69, 9.17) is 0 Å². The van der Waals surface area contributed by atoms with Crippen LogP contribution in [-0.4, -0.2) is 22.3 Å². The maximum absolute atomic E-state index is 11.1. The first-order valence-electron chi connectivity index (χ1n) is 7.16. The average molecular weight is 305 g/mol. The molecule has 5 nitrogen and oxygen atoms in total. The highest BCUT2D eigenvalue weighted by molar-refractivity contribution is 8.00. The fourth-order valence-corrected chi connectivity index (χ4v) is 4.28. The largest absolute Gasteiger partial charge is 0.300 e. The number of nitro groups is 1. The monoisotopic (exact) mass is 305 g/mol. The van der Waals surface area contributed by atoms with Crippen LogP contribution in [-0.2, 0) is 0 Å². The van der Waals surface area contributed by atoms with E-state index in [2.05, 4.69) is 11.4 Å². The average Bonchev–Trinajstić information content (AvgIpc) is 2.48. The van der Waals surface area contributed by atoms with E-state index >= 15 is 0 Å². The molecule has 0 bridgehead atoms. The number of nitro benzene ring substituents is 1. The van der Waals surface area contributed by atoms with Gasteiger partial charge in [0.1, 0.15) is 5.54 Å². The molecule has 1 aliphatic rings. The summed E-state index contributed by atoms with van der Waals surface area (Å²) in [5.41, 5.74) is -0.326. The Balaban J connectivity index is 2.13. The summed E-state index contributed by atoms with van der Waals surface area (Å²) >= 11 is 1.53. The second kappa shape index (κ2) is 6.92. The lowest BCUT2D eigenvalue weighted by Crippen LogP contribution is -2.48. The molecule has 21 heavy (non-hydrogen) atoms.